The summed E-state index contributed by atoms with van der Waals surface area (Å²) in [5.74, 6) is -4.33. The van der Waals surface area contributed by atoms with Gasteiger partial charge in [-0.2, -0.15) is 13.2 Å². The van der Waals surface area contributed by atoms with E-state index in [1.165, 1.54) is 0 Å². The number of carboxylic acid groups (broad SMARTS) is 1. The third-order valence-corrected chi connectivity index (χ3v) is 1.94. The fourth-order valence-corrected chi connectivity index (χ4v) is 1.06. The van der Waals surface area contributed by atoms with Crippen LogP contribution in [0.25, 0.3) is 0 Å². The van der Waals surface area contributed by atoms with Gasteiger partial charge in [-0.1, -0.05) is 13.3 Å². The topological polar surface area (TPSA) is 46.5 Å². The molecule has 15 heavy (non-hydrogen) atoms. The number of halogens is 3. The summed E-state index contributed by atoms with van der Waals surface area (Å²) in [5, 5.41) is 8.35. The van der Waals surface area contributed by atoms with Crippen molar-refractivity contribution < 1.29 is 27.8 Å². The van der Waals surface area contributed by atoms with Gasteiger partial charge < -0.3 is 9.84 Å². The number of rotatable bonds is 6. The average molecular weight is 228 g/mol. The predicted octanol–water partition coefficient (Wildman–Crippen LogP) is 2.45. The van der Waals surface area contributed by atoms with E-state index in [0.29, 0.717) is 6.42 Å². The second-order valence-electron chi connectivity index (χ2n) is 3.37. The van der Waals surface area contributed by atoms with Crippen molar-refractivity contribution in [1.29, 1.82) is 0 Å². The minimum absolute atomic E-state index is 0.348. The summed E-state index contributed by atoms with van der Waals surface area (Å²) in [6.45, 7) is 2.68. The standard InChI is InChI=1S/C9H15F3O3/c1-3-4-6(2)15-5-7(8(13)14)9(10,11)12/h6-7H,3-5H2,1-2H3,(H,13,14). The van der Waals surface area contributed by atoms with Crippen molar-refractivity contribution in [2.45, 2.75) is 39.0 Å². The molecule has 0 aromatic heterocycles. The molecule has 0 fully saturated rings. The first-order chi connectivity index (χ1) is 6.79. The maximum absolute atomic E-state index is 12.1. The molecule has 0 aliphatic heterocycles. The Kier molecular flexibility index (Phi) is 5.64. The Labute approximate surface area is 86.2 Å². The van der Waals surface area contributed by atoms with Crippen LogP contribution in [0.1, 0.15) is 26.7 Å². The van der Waals surface area contributed by atoms with E-state index in [4.69, 9.17) is 9.84 Å². The minimum Gasteiger partial charge on any atom is -0.481 e. The second kappa shape index (κ2) is 5.95. The molecular weight excluding hydrogens is 213 g/mol. The molecule has 2 atom stereocenters. The zero-order valence-corrected chi connectivity index (χ0v) is 8.67. The van der Waals surface area contributed by atoms with Crippen LogP contribution in [0.3, 0.4) is 0 Å². The van der Waals surface area contributed by atoms with Crippen molar-refractivity contribution >= 4 is 5.97 Å². The van der Waals surface area contributed by atoms with E-state index < -0.39 is 24.7 Å². The zero-order chi connectivity index (χ0) is 12.1. The largest absolute Gasteiger partial charge is 0.481 e. The number of ether oxygens (including phenoxy) is 1. The van der Waals surface area contributed by atoms with Gasteiger partial charge in [-0.25, -0.2) is 0 Å². The van der Waals surface area contributed by atoms with E-state index in [-0.39, 0.29) is 6.10 Å². The second-order valence-corrected chi connectivity index (χ2v) is 3.37. The van der Waals surface area contributed by atoms with Gasteiger partial charge in [0.15, 0.2) is 5.92 Å². The normalized spacial score (nSPS) is 16.1. The molecule has 0 saturated carbocycles. The van der Waals surface area contributed by atoms with Gasteiger partial charge in [0.1, 0.15) is 0 Å². The molecule has 1 N–H and O–H groups in total. The summed E-state index contributed by atoms with van der Waals surface area (Å²) in [4.78, 5) is 10.3. The highest BCUT2D eigenvalue weighted by Crippen LogP contribution is 2.27. The number of carbonyl (C=O) groups is 1. The summed E-state index contributed by atoms with van der Waals surface area (Å²) in [5.41, 5.74) is 0. The van der Waals surface area contributed by atoms with E-state index in [9.17, 15) is 18.0 Å². The summed E-state index contributed by atoms with van der Waals surface area (Å²) in [6, 6.07) is 0. The quantitative estimate of drug-likeness (QED) is 0.759. The molecule has 3 nitrogen and oxygen atoms in total. The van der Waals surface area contributed by atoms with Gasteiger partial charge >= 0.3 is 12.1 Å². The lowest BCUT2D eigenvalue weighted by Crippen LogP contribution is -2.35. The van der Waals surface area contributed by atoms with Crippen LogP contribution in [0.5, 0.6) is 0 Å². The molecule has 0 amide bonds. The summed E-state index contributed by atoms with van der Waals surface area (Å²) < 4.78 is 41.3. The summed E-state index contributed by atoms with van der Waals surface area (Å²) >= 11 is 0. The smallest absolute Gasteiger partial charge is 0.404 e. The van der Waals surface area contributed by atoms with Crippen molar-refractivity contribution in [2.24, 2.45) is 5.92 Å². The predicted molar refractivity (Wildman–Crippen MR) is 47.5 cm³/mol. The lowest BCUT2D eigenvalue weighted by molar-refractivity contribution is -0.205. The molecule has 0 aromatic carbocycles. The van der Waals surface area contributed by atoms with Gasteiger partial charge in [-0.05, 0) is 13.3 Å². The fourth-order valence-electron chi connectivity index (χ4n) is 1.06. The molecule has 0 aromatic rings. The zero-order valence-electron chi connectivity index (χ0n) is 8.67. The third kappa shape index (κ3) is 5.61. The molecule has 0 aliphatic carbocycles. The Morgan fingerprint density at radius 2 is 2.00 bits per heavy atom. The molecule has 90 valence electrons. The van der Waals surface area contributed by atoms with Gasteiger partial charge in [0.2, 0.25) is 0 Å². The molecule has 0 heterocycles. The first-order valence-corrected chi connectivity index (χ1v) is 4.70. The molecule has 0 spiro atoms. The number of hydrogen-bond acceptors (Lipinski definition) is 2. The SMILES string of the molecule is CCCC(C)OCC(C(=O)O)C(F)(F)F. The fraction of sp³-hybridized carbons (Fsp3) is 0.889. The van der Waals surface area contributed by atoms with Gasteiger partial charge in [-0.3, -0.25) is 4.79 Å². The van der Waals surface area contributed by atoms with Gasteiger partial charge in [0.25, 0.3) is 0 Å². The minimum atomic E-state index is -4.75. The first kappa shape index (κ1) is 14.2. The van der Waals surface area contributed by atoms with Crippen LogP contribution in [0.4, 0.5) is 13.2 Å². The highest BCUT2D eigenvalue weighted by atomic mass is 19.4. The molecular formula is C9H15F3O3. The van der Waals surface area contributed by atoms with Gasteiger partial charge in [-0.15, -0.1) is 0 Å². The van der Waals surface area contributed by atoms with Crippen LogP contribution in [-0.4, -0.2) is 30.0 Å². The molecule has 0 radical (unpaired) electrons. The highest BCUT2D eigenvalue weighted by molar-refractivity contribution is 5.71. The number of hydrogen-bond donors (Lipinski definition) is 1. The lowest BCUT2D eigenvalue weighted by Gasteiger charge is -2.18. The summed E-state index contributed by atoms with van der Waals surface area (Å²) in [7, 11) is 0. The van der Waals surface area contributed by atoms with Crippen molar-refractivity contribution in [2.75, 3.05) is 6.61 Å². The monoisotopic (exact) mass is 228 g/mol. The van der Waals surface area contributed by atoms with Crippen molar-refractivity contribution in [3.8, 4) is 0 Å². The van der Waals surface area contributed by atoms with E-state index in [2.05, 4.69) is 0 Å². The van der Waals surface area contributed by atoms with Crippen LogP contribution in [-0.2, 0) is 9.53 Å². The first-order valence-electron chi connectivity index (χ1n) is 4.70. The molecule has 0 rings (SSSR count). The molecule has 6 heteroatoms. The number of aliphatic carboxylic acids is 1. The number of carboxylic acids is 1. The third-order valence-electron chi connectivity index (χ3n) is 1.94. The van der Waals surface area contributed by atoms with E-state index >= 15 is 0 Å². The van der Waals surface area contributed by atoms with E-state index in [1.807, 2.05) is 6.92 Å². The Balaban J connectivity index is 4.15. The van der Waals surface area contributed by atoms with E-state index in [0.717, 1.165) is 6.42 Å². The molecule has 2 unspecified atom stereocenters. The lowest BCUT2D eigenvalue weighted by atomic mass is 10.1. The molecule has 0 aliphatic rings. The molecule has 0 saturated heterocycles. The van der Waals surface area contributed by atoms with E-state index in [1.54, 1.807) is 6.92 Å². The van der Waals surface area contributed by atoms with Crippen LogP contribution in [0.2, 0.25) is 0 Å². The Bertz CT molecular complexity index is 203. The Morgan fingerprint density at radius 1 is 1.47 bits per heavy atom. The Hall–Kier alpha value is -0.780. The van der Waals surface area contributed by atoms with Crippen LogP contribution < -0.4 is 0 Å². The number of alkyl halides is 3. The van der Waals surface area contributed by atoms with Crippen LogP contribution >= 0.6 is 0 Å². The van der Waals surface area contributed by atoms with Crippen molar-refractivity contribution in [1.82, 2.24) is 0 Å². The maximum atomic E-state index is 12.1. The van der Waals surface area contributed by atoms with Crippen molar-refractivity contribution in [3.05, 3.63) is 0 Å². The highest BCUT2D eigenvalue weighted by Gasteiger charge is 2.45. The maximum Gasteiger partial charge on any atom is 0.404 e. The average Bonchev–Trinajstić information content (AvgIpc) is 2.01. The van der Waals surface area contributed by atoms with Crippen molar-refractivity contribution in [3.63, 3.8) is 0 Å². The molecule has 0 bridgehead atoms. The van der Waals surface area contributed by atoms with Crippen LogP contribution in [0, 0.1) is 5.92 Å². The Morgan fingerprint density at radius 3 is 2.33 bits per heavy atom. The van der Waals surface area contributed by atoms with Gasteiger partial charge in [0, 0.05) is 0 Å². The van der Waals surface area contributed by atoms with Gasteiger partial charge in [0.05, 0.1) is 12.7 Å². The van der Waals surface area contributed by atoms with Crippen LogP contribution in [0.15, 0.2) is 0 Å². The summed E-state index contributed by atoms with van der Waals surface area (Å²) in [6.07, 6.45) is -3.70.